The molecule has 0 aliphatic rings. The summed E-state index contributed by atoms with van der Waals surface area (Å²) in [5, 5.41) is 6.46. The Morgan fingerprint density at radius 1 is 1.24 bits per heavy atom. The average Bonchev–Trinajstić information content (AvgIpc) is 2.50. The molecular formula is C16H27FN4. The van der Waals surface area contributed by atoms with Gasteiger partial charge in [0.25, 0.3) is 0 Å². The summed E-state index contributed by atoms with van der Waals surface area (Å²) >= 11 is 0. The van der Waals surface area contributed by atoms with Gasteiger partial charge in [0.05, 0.1) is 0 Å². The van der Waals surface area contributed by atoms with Gasteiger partial charge in [-0.05, 0) is 43.8 Å². The van der Waals surface area contributed by atoms with Gasteiger partial charge >= 0.3 is 0 Å². The minimum atomic E-state index is -0.212. The minimum Gasteiger partial charge on any atom is -0.356 e. The van der Waals surface area contributed by atoms with Crippen LogP contribution < -0.4 is 10.6 Å². The maximum Gasteiger partial charge on any atom is 0.191 e. The Morgan fingerprint density at radius 3 is 2.62 bits per heavy atom. The summed E-state index contributed by atoms with van der Waals surface area (Å²) in [4.78, 5) is 6.56. The van der Waals surface area contributed by atoms with Crippen molar-refractivity contribution < 1.29 is 4.39 Å². The number of benzene rings is 1. The van der Waals surface area contributed by atoms with Crippen molar-refractivity contribution in [1.82, 2.24) is 15.5 Å². The van der Waals surface area contributed by atoms with Crippen LogP contribution in [-0.2, 0) is 6.54 Å². The highest BCUT2D eigenvalue weighted by molar-refractivity contribution is 5.79. The van der Waals surface area contributed by atoms with E-state index in [1.807, 2.05) is 6.07 Å². The summed E-state index contributed by atoms with van der Waals surface area (Å²) < 4.78 is 13.1. The van der Waals surface area contributed by atoms with Gasteiger partial charge in [-0.2, -0.15) is 0 Å². The summed E-state index contributed by atoms with van der Waals surface area (Å²) in [5.74, 6) is 0.537. The van der Waals surface area contributed by atoms with E-state index in [-0.39, 0.29) is 5.82 Å². The van der Waals surface area contributed by atoms with Crippen LogP contribution in [0.3, 0.4) is 0 Å². The minimum absolute atomic E-state index is 0.212. The van der Waals surface area contributed by atoms with Gasteiger partial charge in [-0.15, -0.1) is 0 Å². The zero-order valence-electron chi connectivity index (χ0n) is 13.3. The van der Waals surface area contributed by atoms with Crippen LogP contribution in [0.15, 0.2) is 29.3 Å². The van der Waals surface area contributed by atoms with Crippen LogP contribution in [0, 0.1) is 5.82 Å². The van der Waals surface area contributed by atoms with Gasteiger partial charge in [-0.1, -0.05) is 26.0 Å². The molecule has 0 saturated heterocycles. The van der Waals surface area contributed by atoms with Gasteiger partial charge in [0, 0.05) is 20.1 Å². The molecular weight excluding hydrogens is 267 g/mol. The first kappa shape index (κ1) is 17.4. The Kier molecular flexibility index (Phi) is 8.43. The maximum atomic E-state index is 13.1. The van der Waals surface area contributed by atoms with Gasteiger partial charge in [0.1, 0.15) is 5.82 Å². The van der Waals surface area contributed by atoms with E-state index < -0.39 is 0 Å². The van der Waals surface area contributed by atoms with Crippen LogP contribution in [0.2, 0.25) is 0 Å². The molecule has 0 radical (unpaired) electrons. The van der Waals surface area contributed by atoms with Gasteiger partial charge < -0.3 is 15.5 Å². The Bertz CT molecular complexity index is 430. The first-order valence-corrected chi connectivity index (χ1v) is 7.60. The molecule has 4 nitrogen and oxygen atoms in total. The Morgan fingerprint density at radius 2 is 2.00 bits per heavy atom. The summed E-state index contributed by atoms with van der Waals surface area (Å²) in [7, 11) is 1.74. The number of rotatable bonds is 8. The highest BCUT2D eigenvalue weighted by Gasteiger charge is 2.01. The first-order valence-electron chi connectivity index (χ1n) is 7.60. The summed E-state index contributed by atoms with van der Waals surface area (Å²) in [6.07, 6.45) is 1.07. The van der Waals surface area contributed by atoms with Crippen molar-refractivity contribution in [2.24, 2.45) is 4.99 Å². The number of guanidine groups is 1. The fourth-order valence-corrected chi connectivity index (χ4v) is 2.10. The van der Waals surface area contributed by atoms with E-state index in [0.717, 1.165) is 44.1 Å². The second-order valence-corrected chi connectivity index (χ2v) is 4.86. The van der Waals surface area contributed by atoms with E-state index in [0.29, 0.717) is 6.54 Å². The molecule has 0 saturated carbocycles. The first-order chi connectivity index (χ1) is 10.2. The normalized spacial score (nSPS) is 11.8. The lowest BCUT2D eigenvalue weighted by molar-refractivity contribution is 0.300. The molecule has 0 spiro atoms. The zero-order chi connectivity index (χ0) is 15.5. The van der Waals surface area contributed by atoms with E-state index in [2.05, 4.69) is 34.4 Å². The second-order valence-electron chi connectivity index (χ2n) is 4.86. The zero-order valence-corrected chi connectivity index (χ0v) is 13.3. The summed E-state index contributed by atoms with van der Waals surface area (Å²) in [5.41, 5.74) is 0.904. The monoisotopic (exact) mass is 294 g/mol. The van der Waals surface area contributed by atoms with Crippen molar-refractivity contribution in [3.63, 3.8) is 0 Å². The molecule has 0 amide bonds. The van der Waals surface area contributed by atoms with E-state index >= 15 is 0 Å². The second kappa shape index (κ2) is 10.2. The molecule has 0 atom stereocenters. The van der Waals surface area contributed by atoms with Gasteiger partial charge in [-0.25, -0.2) is 4.39 Å². The number of hydrogen-bond acceptors (Lipinski definition) is 2. The molecule has 1 aromatic rings. The predicted octanol–water partition coefficient (Wildman–Crippen LogP) is 2.22. The van der Waals surface area contributed by atoms with Crippen LogP contribution in [0.4, 0.5) is 4.39 Å². The fraction of sp³-hybridized carbons (Fsp3) is 0.562. The number of nitrogens with one attached hydrogen (secondary N) is 2. The number of nitrogens with zero attached hydrogens (tertiary/aromatic N) is 2. The molecule has 5 heteroatoms. The van der Waals surface area contributed by atoms with E-state index in [1.54, 1.807) is 13.1 Å². The number of halogens is 1. The molecule has 0 fully saturated rings. The Labute approximate surface area is 127 Å². The van der Waals surface area contributed by atoms with Crippen LogP contribution in [0.1, 0.15) is 25.8 Å². The van der Waals surface area contributed by atoms with Gasteiger partial charge in [0.15, 0.2) is 5.96 Å². The third-order valence-corrected chi connectivity index (χ3v) is 3.41. The van der Waals surface area contributed by atoms with Crippen molar-refractivity contribution in [1.29, 1.82) is 0 Å². The van der Waals surface area contributed by atoms with Crippen molar-refractivity contribution >= 4 is 5.96 Å². The molecule has 118 valence electrons. The topological polar surface area (TPSA) is 39.7 Å². The van der Waals surface area contributed by atoms with Crippen molar-refractivity contribution in [3.05, 3.63) is 35.6 Å². The van der Waals surface area contributed by atoms with Gasteiger partial charge in [-0.3, -0.25) is 4.99 Å². The van der Waals surface area contributed by atoms with Crippen LogP contribution in [0.25, 0.3) is 0 Å². The molecule has 0 aliphatic heterocycles. The lowest BCUT2D eigenvalue weighted by Gasteiger charge is -2.18. The quantitative estimate of drug-likeness (QED) is 0.439. The van der Waals surface area contributed by atoms with Crippen molar-refractivity contribution in [2.75, 3.05) is 33.2 Å². The Balaban J connectivity index is 2.26. The van der Waals surface area contributed by atoms with Crippen LogP contribution >= 0.6 is 0 Å². The van der Waals surface area contributed by atoms with E-state index in [9.17, 15) is 4.39 Å². The van der Waals surface area contributed by atoms with E-state index in [4.69, 9.17) is 0 Å². The molecule has 1 aromatic carbocycles. The highest BCUT2D eigenvalue weighted by Crippen LogP contribution is 2.02. The molecule has 21 heavy (non-hydrogen) atoms. The maximum absolute atomic E-state index is 13.1. The van der Waals surface area contributed by atoms with Crippen molar-refractivity contribution in [3.8, 4) is 0 Å². The molecule has 1 rings (SSSR count). The van der Waals surface area contributed by atoms with Gasteiger partial charge in [0.2, 0.25) is 0 Å². The largest absolute Gasteiger partial charge is 0.356 e. The van der Waals surface area contributed by atoms with Crippen LogP contribution in [0.5, 0.6) is 0 Å². The van der Waals surface area contributed by atoms with Crippen LogP contribution in [-0.4, -0.2) is 44.1 Å². The average molecular weight is 294 g/mol. The third-order valence-electron chi connectivity index (χ3n) is 3.41. The highest BCUT2D eigenvalue weighted by atomic mass is 19.1. The van der Waals surface area contributed by atoms with Crippen molar-refractivity contribution in [2.45, 2.75) is 26.8 Å². The lowest BCUT2D eigenvalue weighted by atomic mass is 10.2. The molecule has 0 bridgehead atoms. The predicted molar refractivity (Wildman–Crippen MR) is 87.0 cm³/mol. The Hall–Kier alpha value is -1.62. The smallest absolute Gasteiger partial charge is 0.191 e. The fourth-order valence-electron chi connectivity index (χ4n) is 2.10. The molecule has 2 N–H and O–H groups in total. The number of aliphatic imine (C=N–C) groups is 1. The SMILES string of the molecule is CCN(CC)CCCNC(=NC)NCc1cccc(F)c1. The molecule has 0 aliphatic carbocycles. The molecule has 0 aromatic heterocycles. The lowest BCUT2D eigenvalue weighted by Crippen LogP contribution is -2.38. The molecule has 0 unspecified atom stereocenters. The number of hydrogen-bond donors (Lipinski definition) is 2. The summed E-state index contributed by atoms with van der Waals surface area (Å²) in [6, 6.07) is 6.58. The molecule has 0 heterocycles. The standard InChI is InChI=1S/C16H27FN4/c1-4-21(5-2)11-7-10-19-16(18-3)20-13-14-8-6-9-15(17)12-14/h6,8-9,12H,4-5,7,10-11,13H2,1-3H3,(H2,18,19,20). The van der Waals surface area contributed by atoms with E-state index in [1.165, 1.54) is 12.1 Å². The third kappa shape index (κ3) is 7.09. The summed E-state index contributed by atoms with van der Waals surface area (Å²) in [6.45, 7) is 9.05.